The maximum absolute atomic E-state index is 12.2. The Kier molecular flexibility index (Phi) is 5.96. The van der Waals surface area contributed by atoms with E-state index >= 15 is 0 Å². The summed E-state index contributed by atoms with van der Waals surface area (Å²) in [7, 11) is 0. The second-order valence-corrected chi connectivity index (χ2v) is 8.69. The van der Waals surface area contributed by atoms with Crippen LogP contribution in [-0.4, -0.2) is 24.1 Å². The Labute approximate surface area is 182 Å². The van der Waals surface area contributed by atoms with Crippen molar-refractivity contribution in [3.63, 3.8) is 0 Å². The van der Waals surface area contributed by atoms with Gasteiger partial charge in [0.1, 0.15) is 18.1 Å². The molecule has 0 aliphatic heterocycles. The minimum atomic E-state index is -0.544. The van der Waals surface area contributed by atoms with E-state index in [-0.39, 0.29) is 5.97 Å². The van der Waals surface area contributed by atoms with E-state index in [2.05, 4.69) is 22.4 Å². The Balaban J connectivity index is 1.40. The first-order valence-corrected chi connectivity index (χ1v) is 10.6. The van der Waals surface area contributed by atoms with Gasteiger partial charge in [-0.2, -0.15) is 0 Å². The fourth-order valence-electron chi connectivity index (χ4n) is 3.34. The van der Waals surface area contributed by atoms with Gasteiger partial charge >= 0.3 is 5.97 Å². The molecule has 4 aromatic rings. The summed E-state index contributed by atoms with van der Waals surface area (Å²) in [5.74, 6) is 1.13. The van der Waals surface area contributed by atoms with E-state index in [0.29, 0.717) is 12.4 Å². The number of hydrogen-bond donors (Lipinski definition) is 2. The molecule has 0 fully saturated rings. The van der Waals surface area contributed by atoms with Crippen LogP contribution in [0.3, 0.4) is 0 Å². The highest BCUT2D eigenvalue weighted by Gasteiger charge is 2.23. The number of nitrogens with one attached hydrogen (secondary N) is 2. The van der Waals surface area contributed by atoms with Crippen LogP contribution in [0.1, 0.15) is 26.3 Å². The number of fused-ring (bicyclic) bond motifs is 3. The summed E-state index contributed by atoms with van der Waals surface area (Å²) >= 11 is 0. The molecule has 160 valence electrons. The Morgan fingerprint density at radius 2 is 1.68 bits per heavy atom. The quantitative estimate of drug-likeness (QED) is 0.239. The van der Waals surface area contributed by atoms with Gasteiger partial charge in [-0.1, -0.05) is 30.3 Å². The summed E-state index contributed by atoms with van der Waals surface area (Å²) in [5.41, 5.74) is 2.70. The number of aromatic amines is 1. The van der Waals surface area contributed by atoms with Crippen molar-refractivity contribution in [2.75, 3.05) is 13.2 Å². The van der Waals surface area contributed by atoms with Crippen molar-refractivity contribution in [2.24, 2.45) is 5.41 Å². The molecule has 5 heteroatoms. The molecule has 0 saturated heterocycles. The van der Waals surface area contributed by atoms with Gasteiger partial charge in [0.25, 0.3) is 0 Å². The number of aromatic nitrogens is 1. The normalized spacial score (nSPS) is 11.7. The molecule has 3 aromatic carbocycles. The number of carbonyl (C=O) groups is 1. The molecule has 0 radical (unpaired) electrons. The largest absolute Gasteiger partial charge is 0.492 e. The van der Waals surface area contributed by atoms with Crippen LogP contribution < -0.4 is 14.8 Å². The zero-order chi connectivity index (χ0) is 21.8. The number of carbonyl (C=O) groups excluding carboxylic acids is 1. The van der Waals surface area contributed by atoms with Gasteiger partial charge < -0.3 is 19.8 Å². The number of benzene rings is 3. The minimum absolute atomic E-state index is 0.247. The summed E-state index contributed by atoms with van der Waals surface area (Å²) in [5, 5.41) is 5.48. The van der Waals surface area contributed by atoms with Gasteiger partial charge in [0, 0.05) is 35.4 Å². The maximum Gasteiger partial charge on any atom is 0.316 e. The van der Waals surface area contributed by atoms with Crippen LogP contribution in [0, 0.1) is 5.41 Å². The van der Waals surface area contributed by atoms with Crippen molar-refractivity contribution in [3.05, 3.63) is 72.3 Å². The molecule has 4 rings (SSSR count). The summed E-state index contributed by atoms with van der Waals surface area (Å²) in [6.45, 7) is 7.72. The molecule has 1 aromatic heterocycles. The van der Waals surface area contributed by atoms with Crippen LogP contribution in [0.4, 0.5) is 0 Å². The first-order valence-electron chi connectivity index (χ1n) is 10.6. The highest BCUT2D eigenvalue weighted by Crippen LogP contribution is 2.31. The topological polar surface area (TPSA) is 63.4 Å². The van der Waals surface area contributed by atoms with Crippen molar-refractivity contribution in [2.45, 2.75) is 27.3 Å². The van der Waals surface area contributed by atoms with E-state index in [1.54, 1.807) is 0 Å². The Morgan fingerprint density at radius 1 is 0.903 bits per heavy atom. The van der Waals surface area contributed by atoms with E-state index < -0.39 is 5.41 Å². The fourth-order valence-corrected chi connectivity index (χ4v) is 3.34. The summed E-state index contributed by atoms with van der Waals surface area (Å²) in [6, 6.07) is 22.0. The molecule has 31 heavy (non-hydrogen) atoms. The fraction of sp³-hybridized carbons (Fsp3) is 0.269. The zero-order valence-electron chi connectivity index (χ0n) is 18.2. The standard InChI is InChI=1S/C26H28N2O3/c1-26(2,3)25(29)31-20-10-12-23-22(15-20)21-11-9-19(16-24(21)28-23)30-14-13-27-17-18-7-5-4-6-8-18/h4-12,15-16,27-28H,13-14,17H2,1-3H3. The molecule has 0 bridgehead atoms. The molecular formula is C26H28N2O3. The van der Waals surface area contributed by atoms with Crippen LogP contribution >= 0.6 is 0 Å². The van der Waals surface area contributed by atoms with Crippen LogP contribution in [0.2, 0.25) is 0 Å². The third-order valence-electron chi connectivity index (χ3n) is 5.08. The van der Waals surface area contributed by atoms with Crippen LogP contribution in [0.5, 0.6) is 11.5 Å². The van der Waals surface area contributed by atoms with Crippen LogP contribution in [0.15, 0.2) is 66.7 Å². The Hall–Kier alpha value is -3.31. The van der Waals surface area contributed by atoms with E-state index in [1.165, 1.54) is 5.56 Å². The number of ether oxygens (including phenoxy) is 2. The first-order chi connectivity index (χ1) is 14.9. The monoisotopic (exact) mass is 416 g/mol. The predicted octanol–water partition coefficient (Wildman–Crippen LogP) is 5.44. The number of hydrogen-bond acceptors (Lipinski definition) is 4. The van der Waals surface area contributed by atoms with E-state index in [4.69, 9.17) is 9.47 Å². The molecule has 0 aliphatic rings. The number of esters is 1. The molecule has 0 unspecified atom stereocenters. The zero-order valence-corrected chi connectivity index (χ0v) is 18.2. The van der Waals surface area contributed by atoms with E-state index in [9.17, 15) is 4.79 Å². The van der Waals surface area contributed by atoms with Gasteiger partial charge in [0.15, 0.2) is 0 Å². The second kappa shape index (κ2) is 8.82. The minimum Gasteiger partial charge on any atom is -0.492 e. The number of H-pyrrole nitrogens is 1. The lowest BCUT2D eigenvalue weighted by molar-refractivity contribution is -0.142. The molecule has 0 saturated carbocycles. The highest BCUT2D eigenvalue weighted by atomic mass is 16.5. The van der Waals surface area contributed by atoms with Crippen LogP contribution in [0.25, 0.3) is 21.8 Å². The molecule has 0 aliphatic carbocycles. The Bertz CT molecular complexity index is 1190. The Morgan fingerprint density at radius 3 is 2.45 bits per heavy atom. The maximum atomic E-state index is 12.2. The van der Waals surface area contributed by atoms with Gasteiger partial charge in [0.05, 0.1) is 10.9 Å². The third-order valence-corrected chi connectivity index (χ3v) is 5.08. The average molecular weight is 417 g/mol. The molecule has 1 heterocycles. The average Bonchev–Trinajstić information content (AvgIpc) is 3.10. The van der Waals surface area contributed by atoms with E-state index in [1.807, 2.05) is 75.4 Å². The summed E-state index contributed by atoms with van der Waals surface area (Å²) in [6.07, 6.45) is 0. The predicted molar refractivity (Wildman–Crippen MR) is 125 cm³/mol. The molecular weight excluding hydrogens is 388 g/mol. The second-order valence-electron chi connectivity index (χ2n) is 8.69. The molecule has 5 nitrogen and oxygen atoms in total. The van der Waals surface area contributed by atoms with Gasteiger partial charge in [-0.25, -0.2) is 0 Å². The van der Waals surface area contributed by atoms with E-state index in [0.717, 1.165) is 40.6 Å². The molecule has 0 atom stereocenters. The van der Waals surface area contributed by atoms with Gasteiger partial charge in [-0.05, 0) is 56.7 Å². The van der Waals surface area contributed by atoms with Crippen molar-refractivity contribution >= 4 is 27.8 Å². The third kappa shape index (κ3) is 5.06. The summed E-state index contributed by atoms with van der Waals surface area (Å²) < 4.78 is 11.5. The summed E-state index contributed by atoms with van der Waals surface area (Å²) in [4.78, 5) is 15.6. The molecule has 0 spiro atoms. The lowest BCUT2D eigenvalue weighted by Crippen LogP contribution is -2.25. The van der Waals surface area contributed by atoms with Gasteiger partial charge in [-0.3, -0.25) is 4.79 Å². The van der Waals surface area contributed by atoms with Crippen LogP contribution in [-0.2, 0) is 11.3 Å². The van der Waals surface area contributed by atoms with Crippen molar-refractivity contribution in [1.29, 1.82) is 0 Å². The molecule has 0 amide bonds. The van der Waals surface area contributed by atoms with Crippen molar-refractivity contribution < 1.29 is 14.3 Å². The lowest BCUT2D eigenvalue weighted by Gasteiger charge is -2.16. The van der Waals surface area contributed by atoms with Crippen molar-refractivity contribution in [3.8, 4) is 11.5 Å². The number of rotatable bonds is 7. The molecule has 2 N–H and O–H groups in total. The SMILES string of the molecule is CC(C)(C)C(=O)Oc1ccc2[nH]c3cc(OCCNCc4ccccc4)ccc3c2c1. The van der Waals surface area contributed by atoms with Gasteiger partial charge in [0.2, 0.25) is 0 Å². The first kappa shape index (κ1) is 20.9. The van der Waals surface area contributed by atoms with Gasteiger partial charge in [-0.15, -0.1) is 0 Å². The van der Waals surface area contributed by atoms with Crippen molar-refractivity contribution in [1.82, 2.24) is 10.3 Å². The lowest BCUT2D eigenvalue weighted by atomic mass is 9.97. The smallest absolute Gasteiger partial charge is 0.316 e. The highest BCUT2D eigenvalue weighted by molar-refractivity contribution is 6.08.